The molecule has 0 saturated heterocycles. The summed E-state index contributed by atoms with van der Waals surface area (Å²) in [4.78, 5) is 25.8. The van der Waals surface area contributed by atoms with Gasteiger partial charge >= 0.3 is 0 Å². The van der Waals surface area contributed by atoms with E-state index >= 15 is 0 Å². The summed E-state index contributed by atoms with van der Waals surface area (Å²) in [6, 6.07) is 0. The topological polar surface area (TPSA) is 34.1 Å². The van der Waals surface area contributed by atoms with Crippen LogP contribution in [0.2, 0.25) is 0 Å². The zero-order chi connectivity index (χ0) is 15.7. The highest BCUT2D eigenvalue weighted by Gasteiger charge is 2.35. The van der Waals surface area contributed by atoms with E-state index in [0.29, 0.717) is 16.7 Å². The van der Waals surface area contributed by atoms with E-state index in [-0.39, 0.29) is 17.5 Å². The second-order valence-electron chi connectivity index (χ2n) is 6.64. The molecule has 2 nitrogen and oxygen atoms in total. The fourth-order valence-electron chi connectivity index (χ4n) is 3.94. The van der Waals surface area contributed by atoms with Gasteiger partial charge in [0, 0.05) is 28.2 Å². The normalized spacial score (nSPS) is 26.6. The summed E-state index contributed by atoms with van der Waals surface area (Å²) in [6.45, 7) is 3.65. The second kappa shape index (κ2) is 6.20. The Labute approximate surface area is 132 Å². The van der Waals surface area contributed by atoms with E-state index in [0.717, 1.165) is 49.7 Å². The number of hydrogen-bond donors (Lipinski definition) is 0. The van der Waals surface area contributed by atoms with Gasteiger partial charge in [0.05, 0.1) is 0 Å². The molecule has 3 rings (SSSR count). The van der Waals surface area contributed by atoms with Crippen LogP contribution in [0.4, 0.5) is 0 Å². The van der Waals surface area contributed by atoms with E-state index < -0.39 is 0 Å². The Morgan fingerprint density at radius 3 is 2.41 bits per heavy atom. The first-order chi connectivity index (χ1) is 10.6. The summed E-state index contributed by atoms with van der Waals surface area (Å²) in [6.07, 6.45) is 13.9. The molecule has 0 aromatic carbocycles. The Morgan fingerprint density at radius 2 is 1.77 bits per heavy atom. The number of Topliss-reactive ketones (excluding diaryl/α,β-unsaturated/α-hetero) is 2. The molecule has 0 aliphatic heterocycles. The van der Waals surface area contributed by atoms with Crippen molar-refractivity contribution in [3.8, 4) is 0 Å². The molecule has 0 bridgehead atoms. The van der Waals surface area contributed by atoms with Gasteiger partial charge in [-0.25, -0.2) is 0 Å². The summed E-state index contributed by atoms with van der Waals surface area (Å²) in [5, 5.41) is 0. The molecular weight excluding hydrogens is 272 g/mol. The molecule has 116 valence electrons. The number of allylic oxidation sites excluding steroid dienone is 8. The molecule has 0 aromatic heterocycles. The van der Waals surface area contributed by atoms with Crippen LogP contribution < -0.4 is 0 Å². The molecule has 0 amide bonds. The highest BCUT2D eigenvalue weighted by molar-refractivity contribution is 6.26. The Balaban J connectivity index is 2.04. The van der Waals surface area contributed by atoms with Gasteiger partial charge in [-0.2, -0.15) is 0 Å². The molecule has 0 radical (unpaired) electrons. The van der Waals surface area contributed by atoms with Crippen molar-refractivity contribution in [3.63, 3.8) is 0 Å². The van der Waals surface area contributed by atoms with Crippen LogP contribution in [0.15, 0.2) is 46.1 Å². The van der Waals surface area contributed by atoms with Crippen LogP contribution >= 0.6 is 0 Å². The average molecular weight is 296 g/mol. The molecule has 2 heteroatoms. The van der Waals surface area contributed by atoms with Crippen molar-refractivity contribution in [2.75, 3.05) is 0 Å². The Kier molecular flexibility index (Phi) is 4.28. The lowest BCUT2D eigenvalue weighted by Gasteiger charge is -2.28. The first-order valence-corrected chi connectivity index (χ1v) is 8.48. The molecule has 3 aliphatic rings. The summed E-state index contributed by atoms with van der Waals surface area (Å²) >= 11 is 0. The van der Waals surface area contributed by atoms with Crippen molar-refractivity contribution in [1.29, 1.82) is 0 Å². The quantitative estimate of drug-likeness (QED) is 0.550. The fourth-order valence-corrected chi connectivity index (χ4v) is 3.94. The Bertz CT molecular complexity index is 641. The lowest BCUT2D eigenvalue weighted by molar-refractivity contribution is -0.116. The van der Waals surface area contributed by atoms with Crippen molar-refractivity contribution < 1.29 is 9.59 Å². The summed E-state index contributed by atoms with van der Waals surface area (Å²) in [5.74, 6) is 0.298. The van der Waals surface area contributed by atoms with Gasteiger partial charge in [0.15, 0.2) is 11.6 Å². The summed E-state index contributed by atoms with van der Waals surface area (Å²) in [7, 11) is 0. The van der Waals surface area contributed by atoms with Crippen molar-refractivity contribution in [1.82, 2.24) is 0 Å². The smallest absolute Gasteiger partial charge is 0.190 e. The lowest BCUT2D eigenvalue weighted by Crippen LogP contribution is -2.27. The van der Waals surface area contributed by atoms with E-state index in [4.69, 9.17) is 0 Å². The minimum Gasteiger partial charge on any atom is -0.289 e. The maximum atomic E-state index is 13.1. The van der Waals surface area contributed by atoms with Crippen LogP contribution in [-0.4, -0.2) is 11.6 Å². The molecule has 1 atom stereocenters. The van der Waals surface area contributed by atoms with Crippen molar-refractivity contribution in [2.24, 2.45) is 5.92 Å². The molecule has 0 N–H and O–H groups in total. The number of carbonyl (C=O) groups excluding carboxylic acids is 2. The van der Waals surface area contributed by atoms with Crippen molar-refractivity contribution >= 4 is 11.6 Å². The zero-order valence-corrected chi connectivity index (χ0v) is 13.6. The molecule has 0 heterocycles. The predicted molar refractivity (Wildman–Crippen MR) is 88.4 cm³/mol. The van der Waals surface area contributed by atoms with Crippen LogP contribution in [0.5, 0.6) is 0 Å². The number of carbonyl (C=O) groups is 2. The van der Waals surface area contributed by atoms with Crippen LogP contribution in [0.1, 0.15) is 58.8 Å². The van der Waals surface area contributed by atoms with Gasteiger partial charge < -0.3 is 0 Å². The van der Waals surface area contributed by atoms with E-state index in [2.05, 4.69) is 18.2 Å². The summed E-state index contributed by atoms with van der Waals surface area (Å²) < 4.78 is 0. The van der Waals surface area contributed by atoms with Gasteiger partial charge in [-0.1, -0.05) is 18.2 Å². The first kappa shape index (κ1) is 15.2. The van der Waals surface area contributed by atoms with E-state index in [1.807, 2.05) is 13.8 Å². The number of ketones is 2. The Morgan fingerprint density at radius 1 is 0.955 bits per heavy atom. The largest absolute Gasteiger partial charge is 0.289 e. The van der Waals surface area contributed by atoms with Crippen LogP contribution in [0.3, 0.4) is 0 Å². The lowest BCUT2D eigenvalue weighted by atomic mass is 9.74. The molecule has 0 spiro atoms. The zero-order valence-electron chi connectivity index (χ0n) is 13.6. The number of hydrogen-bond acceptors (Lipinski definition) is 2. The molecule has 1 unspecified atom stereocenters. The Hall–Kier alpha value is -1.70. The highest BCUT2D eigenvalue weighted by Crippen LogP contribution is 2.38. The number of rotatable bonds is 2. The van der Waals surface area contributed by atoms with E-state index in [1.54, 1.807) is 0 Å². The first-order valence-electron chi connectivity index (χ1n) is 8.48. The van der Waals surface area contributed by atoms with Crippen LogP contribution in [-0.2, 0) is 9.59 Å². The monoisotopic (exact) mass is 296 g/mol. The van der Waals surface area contributed by atoms with Gasteiger partial charge in [-0.3, -0.25) is 9.59 Å². The van der Waals surface area contributed by atoms with Gasteiger partial charge in [0.25, 0.3) is 0 Å². The van der Waals surface area contributed by atoms with E-state index in [9.17, 15) is 9.59 Å². The van der Waals surface area contributed by atoms with E-state index in [1.165, 1.54) is 6.42 Å². The predicted octanol–water partition coefficient (Wildman–Crippen LogP) is 4.63. The minimum atomic E-state index is 0.0649. The maximum absolute atomic E-state index is 13.1. The van der Waals surface area contributed by atoms with Crippen molar-refractivity contribution in [2.45, 2.75) is 58.8 Å². The van der Waals surface area contributed by atoms with Gasteiger partial charge in [-0.05, 0) is 64.4 Å². The van der Waals surface area contributed by atoms with Crippen LogP contribution in [0.25, 0.3) is 0 Å². The maximum Gasteiger partial charge on any atom is 0.190 e. The second-order valence-corrected chi connectivity index (χ2v) is 6.64. The minimum absolute atomic E-state index is 0.0649. The molecule has 0 aromatic rings. The highest BCUT2D eigenvalue weighted by atomic mass is 16.1. The van der Waals surface area contributed by atoms with Crippen molar-refractivity contribution in [3.05, 3.63) is 46.1 Å². The molecule has 0 saturated carbocycles. The van der Waals surface area contributed by atoms with Gasteiger partial charge in [-0.15, -0.1) is 0 Å². The third kappa shape index (κ3) is 2.55. The average Bonchev–Trinajstić information content (AvgIpc) is 2.55. The fraction of sp³-hybridized carbons (Fsp3) is 0.500. The standard InChI is InChI=1S/C20H24O2/c1-13-17(15-9-5-3-6-10-15)20(22)18(14(2)19(13)21)16-11-7-4-8-12-16/h5,9,11,15H,3-4,6-8,10,12H2,1-2H3. The molecule has 22 heavy (non-hydrogen) atoms. The van der Waals surface area contributed by atoms with Gasteiger partial charge in [0.2, 0.25) is 0 Å². The molecular formula is C20H24O2. The van der Waals surface area contributed by atoms with Crippen LogP contribution in [0, 0.1) is 5.92 Å². The third-order valence-corrected chi connectivity index (χ3v) is 5.17. The molecule has 0 fully saturated rings. The van der Waals surface area contributed by atoms with Gasteiger partial charge in [0.1, 0.15) is 0 Å². The third-order valence-electron chi connectivity index (χ3n) is 5.17. The summed E-state index contributed by atoms with van der Waals surface area (Å²) in [5.41, 5.74) is 3.89. The SMILES string of the molecule is CC1=C(C2=CCCCC2)C(=O)C(C2C=CCCC2)=C(C)C1=O. The molecule has 3 aliphatic carbocycles.